The van der Waals surface area contributed by atoms with Crippen molar-refractivity contribution in [2.45, 2.75) is 0 Å². The predicted molar refractivity (Wildman–Crippen MR) is 38.2 cm³/mol. The first-order chi connectivity index (χ1) is 4.00. The molecular formula is Ca2Cl2MgO8S2. The maximum Gasteiger partial charge on any atom is 2.00 e. The Morgan fingerprint density at radius 1 is 0.600 bits per heavy atom. The quantitative estimate of drug-likeness (QED) is 0.232. The fourth-order valence-electron chi connectivity index (χ4n) is 0. The van der Waals surface area contributed by atoms with Crippen molar-refractivity contribution in [3.8, 4) is 0 Å². The van der Waals surface area contributed by atoms with Crippen LogP contribution in [0.25, 0.3) is 0 Å². The molecule has 0 heterocycles. The SMILES string of the molecule is O=S(=O)([O-])[O-].O=S(=O)([O-])[O-].[Ca+2].[Ca+2].[Cl-].[Cl-].[Mg+2]. The Kier molecular flexibility index (Phi) is 56.9. The van der Waals surface area contributed by atoms with Gasteiger partial charge in [0, 0.05) is 20.8 Å². The largest absolute Gasteiger partial charge is 2.00 e. The van der Waals surface area contributed by atoms with Gasteiger partial charge < -0.3 is 43.0 Å². The molecule has 0 N–H and O–H groups in total. The minimum Gasteiger partial charge on any atom is -1.00 e. The van der Waals surface area contributed by atoms with Crippen LogP contribution in [0.5, 0.6) is 0 Å². The van der Waals surface area contributed by atoms with E-state index in [-0.39, 0.29) is 123 Å². The fourth-order valence-corrected chi connectivity index (χ4v) is 0. The molecule has 0 aliphatic rings. The zero-order valence-electron chi connectivity index (χ0n) is 6.96. The summed E-state index contributed by atoms with van der Waals surface area (Å²) < 4.78 is 68.2. The molecule has 0 aromatic carbocycles. The van der Waals surface area contributed by atoms with Crippen LogP contribution in [0.3, 0.4) is 0 Å². The first-order valence-corrected chi connectivity index (χ1v) is 4.00. The van der Waals surface area contributed by atoms with Crippen molar-refractivity contribution >= 4 is 119 Å². The van der Waals surface area contributed by atoms with E-state index in [0.29, 0.717) is 0 Å². The van der Waals surface area contributed by atoms with Gasteiger partial charge in [-0.05, 0) is 0 Å². The monoisotopic (exact) mass is 366 g/mol. The van der Waals surface area contributed by atoms with Crippen molar-refractivity contribution in [2.75, 3.05) is 0 Å². The second-order valence-corrected chi connectivity index (χ2v) is 2.45. The molecule has 15 heavy (non-hydrogen) atoms. The van der Waals surface area contributed by atoms with Gasteiger partial charge in [-0.15, -0.1) is 0 Å². The number of halogens is 2. The molecule has 0 rings (SSSR count). The molecule has 80 valence electrons. The van der Waals surface area contributed by atoms with Crippen molar-refractivity contribution in [2.24, 2.45) is 0 Å². The van der Waals surface area contributed by atoms with Crippen molar-refractivity contribution in [3.63, 3.8) is 0 Å². The Morgan fingerprint density at radius 2 is 0.600 bits per heavy atom. The Morgan fingerprint density at radius 3 is 0.600 bits per heavy atom. The van der Waals surface area contributed by atoms with Gasteiger partial charge in [0.2, 0.25) is 0 Å². The molecule has 0 amide bonds. The van der Waals surface area contributed by atoms with Crippen LogP contribution in [0.15, 0.2) is 0 Å². The average molecular weight is 367 g/mol. The van der Waals surface area contributed by atoms with E-state index in [4.69, 9.17) is 35.0 Å². The van der Waals surface area contributed by atoms with Gasteiger partial charge in [0.25, 0.3) is 0 Å². The first-order valence-electron chi connectivity index (χ1n) is 1.33. The minimum absolute atomic E-state index is 0. The van der Waals surface area contributed by atoms with Crippen molar-refractivity contribution < 1.29 is 59.9 Å². The molecule has 0 radical (unpaired) electrons. The summed E-state index contributed by atoms with van der Waals surface area (Å²) in [6.07, 6.45) is 0. The first kappa shape index (κ1) is 42.8. The molecule has 0 unspecified atom stereocenters. The maximum absolute atomic E-state index is 8.52. The predicted octanol–water partition coefficient (Wildman–Crippen LogP) is -9.81. The average Bonchev–Trinajstić information content (AvgIpc) is 1.12. The van der Waals surface area contributed by atoms with Crippen LogP contribution in [0.4, 0.5) is 0 Å². The summed E-state index contributed by atoms with van der Waals surface area (Å²) in [6, 6.07) is 0. The van der Waals surface area contributed by atoms with Crippen LogP contribution in [-0.4, -0.2) is 134 Å². The molecule has 15 heteroatoms. The van der Waals surface area contributed by atoms with Crippen molar-refractivity contribution in [1.82, 2.24) is 0 Å². The van der Waals surface area contributed by atoms with Crippen LogP contribution in [0.2, 0.25) is 0 Å². The summed E-state index contributed by atoms with van der Waals surface area (Å²) in [6.45, 7) is 0. The van der Waals surface area contributed by atoms with E-state index in [1.807, 2.05) is 0 Å². The Bertz CT molecular complexity index is 225. The van der Waals surface area contributed by atoms with Crippen LogP contribution < -0.4 is 24.8 Å². The third kappa shape index (κ3) is 330. The van der Waals surface area contributed by atoms with E-state index in [1.54, 1.807) is 0 Å². The van der Waals surface area contributed by atoms with Crippen LogP contribution in [-0.2, 0) is 20.8 Å². The van der Waals surface area contributed by atoms with Crippen LogP contribution in [0.1, 0.15) is 0 Å². The molecule has 0 fully saturated rings. The van der Waals surface area contributed by atoms with E-state index in [9.17, 15) is 0 Å². The molecule has 0 aromatic rings. The number of hydrogen-bond acceptors (Lipinski definition) is 8. The zero-order chi connectivity index (χ0) is 9.00. The zero-order valence-corrected chi connectivity index (χ0v) is 15.9. The summed E-state index contributed by atoms with van der Waals surface area (Å²) in [5, 5.41) is 0. The van der Waals surface area contributed by atoms with Crippen LogP contribution in [0, 0.1) is 0 Å². The van der Waals surface area contributed by atoms with E-state index in [1.165, 1.54) is 0 Å². The van der Waals surface area contributed by atoms with Gasteiger partial charge in [0.15, 0.2) is 0 Å². The molecule has 0 bridgehead atoms. The Labute approximate surface area is 175 Å². The van der Waals surface area contributed by atoms with Crippen molar-refractivity contribution in [3.05, 3.63) is 0 Å². The molecule has 0 aromatic heterocycles. The molecular weight excluding hydrogens is 367 g/mol. The Balaban J connectivity index is -0.0000000128. The van der Waals surface area contributed by atoms with Gasteiger partial charge in [0.1, 0.15) is 0 Å². The summed E-state index contributed by atoms with van der Waals surface area (Å²) in [7, 11) is -10.3. The van der Waals surface area contributed by atoms with Gasteiger partial charge in [0.05, 0.1) is 0 Å². The van der Waals surface area contributed by atoms with Gasteiger partial charge in [-0.25, -0.2) is 0 Å². The number of hydrogen-bond donors (Lipinski definition) is 0. The van der Waals surface area contributed by atoms with Gasteiger partial charge in [-0.3, -0.25) is 16.8 Å². The van der Waals surface area contributed by atoms with Gasteiger partial charge in [-0.1, -0.05) is 0 Å². The second-order valence-electron chi connectivity index (χ2n) is 0.816. The molecule has 0 spiro atoms. The third-order valence-electron chi connectivity index (χ3n) is 0. The van der Waals surface area contributed by atoms with Gasteiger partial charge >= 0.3 is 98.5 Å². The standard InChI is InChI=1S/2Ca.2ClH.Mg.2H2O4S/c;;;;;2*1-5(2,3)4/h;;2*1H;;2*(H2,1,2,3,4)/q2*+2;;;+2;;/p-6. The smallest absolute Gasteiger partial charge is 1.00 e. The van der Waals surface area contributed by atoms with E-state index in [0.717, 1.165) is 0 Å². The Hall–Kier alpha value is 3.61. The summed E-state index contributed by atoms with van der Waals surface area (Å²) in [4.78, 5) is 0. The fraction of sp³-hybridized carbons (Fsp3) is 0. The normalized spacial score (nSPS) is 7.73. The summed E-state index contributed by atoms with van der Waals surface area (Å²) in [5.74, 6) is 0. The van der Waals surface area contributed by atoms with Gasteiger partial charge in [-0.2, -0.15) is 0 Å². The van der Waals surface area contributed by atoms with Crippen LogP contribution >= 0.6 is 0 Å². The topological polar surface area (TPSA) is 161 Å². The molecule has 0 aliphatic heterocycles. The molecule has 0 saturated carbocycles. The molecule has 0 aliphatic carbocycles. The number of rotatable bonds is 0. The molecule has 8 nitrogen and oxygen atoms in total. The third-order valence-corrected chi connectivity index (χ3v) is 0. The maximum atomic E-state index is 8.52. The molecule has 0 saturated heterocycles. The summed E-state index contributed by atoms with van der Waals surface area (Å²) >= 11 is 0. The molecule has 0 atom stereocenters. The summed E-state index contributed by atoms with van der Waals surface area (Å²) in [5.41, 5.74) is 0. The van der Waals surface area contributed by atoms with E-state index < -0.39 is 20.8 Å². The van der Waals surface area contributed by atoms with Crippen molar-refractivity contribution in [1.29, 1.82) is 0 Å². The van der Waals surface area contributed by atoms with E-state index >= 15 is 0 Å². The second kappa shape index (κ2) is 19.9. The van der Waals surface area contributed by atoms with E-state index in [2.05, 4.69) is 0 Å². The minimum atomic E-state index is -5.17.